The van der Waals surface area contributed by atoms with Crippen LogP contribution in [0, 0.1) is 20.8 Å². The lowest BCUT2D eigenvalue weighted by molar-refractivity contribution is 0.200. The predicted octanol–water partition coefficient (Wildman–Crippen LogP) is 4.31. The highest BCUT2D eigenvalue weighted by molar-refractivity contribution is 7.99. The lowest BCUT2D eigenvalue weighted by Gasteiger charge is -2.13. The number of aryl methyl sites for hydroxylation is 3. The number of hydrogen-bond donors (Lipinski definition) is 1. The molecule has 0 saturated carbocycles. The second kappa shape index (κ2) is 6.96. The number of benzene rings is 2. The zero-order valence-corrected chi connectivity index (χ0v) is 13.2. The molecule has 0 bridgehead atoms. The van der Waals surface area contributed by atoms with Gasteiger partial charge in [0.2, 0.25) is 0 Å². The van der Waals surface area contributed by atoms with Crippen molar-refractivity contribution in [1.82, 2.24) is 0 Å². The van der Waals surface area contributed by atoms with Crippen molar-refractivity contribution in [2.24, 2.45) is 0 Å². The maximum Gasteiger partial charge on any atom is 0.0674 e. The summed E-state index contributed by atoms with van der Waals surface area (Å²) < 4.78 is 0. The van der Waals surface area contributed by atoms with Gasteiger partial charge in [0, 0.05) is 10.6 Å². The van der Waals surface area contributed by atoms with E-state index in [1.807, 2.05) is 0 Å². The SMILES string of the molecule is Cc1ccc(SCC(O)Cc2cc(C)ccc2C)cc1. The van der Waals surface area contributed by atoms with Gasteiger partial charge < -0.3 is 5.11 Å². The average Bonchev–Trinajstić information content (AvgIpc) is 2.42. The van der Waals surface area contributed by atoms with Gasteiger partial charge in [-0.15, -0.1) is 11.8 Å². The Labute approximate surface area is 126 Å². The van der Waals surface area contributed by atoms with E-state index < -0.39 is 0 Å². The molecule has 1 atom stereocenters. The Bertz CT molecular complexity index is 560. The van der Waals surface area contributed by atoms with Crippen molar-refractivity contribution in [1.29, 1.82) is 0 Å². The Balaban J connectivity index is 1.90. The van der Waals surface area contributed by atoms with Crippen LogP contribution in [0.4, 0.5) is 0 Å². The molecule has 0 heterocycles. The van der Waals surface area contributed by atoms with Gasteiger partial charge in [0.15, 0.2) is 0 Å². The van der Waals surface area contributed by atoms with Crippen molar-refractivity contribution >= 4 is 11.8 Å². The Morgan fingerprint density at radius 3 is 2.30 bits per heavy atom. The van der Waals surface area contributed by atoms with Crippen LogP contribution in [0.25, 0.3) is 0 Å². The van der Waals surface area contributed by atoms with Gasteiger partial charge in [-0.2, -0.15) is 0 Å². The summed E-state index contributed by atoms with van der Waals surface area (Å²) in [5.41, 5.74) is 5.03. The molecule has 0 fully saturated rings. The molecule has 1 nitrogen and oxygen atoms in total. The van der Waals surface area contributed by atoms with Crippen LogP contribution >= 0.6 is 11.8 Å². The summed E-state index contributed by atoms with van der Waals surface area (Å²) in [7, 11) is 0. The molecule has 0 spiro atoms. The van der Waals surface area contributed by atoms with Gasteiger partial charge in [-0.3, -0.25) is 0 Å². The van der Waals surface area contributed by atoms with Crippen molar-refractivity contribution in [3.63, 3.8) is 0 Å². The zero-order chi connectivity index (χ0) is 14.5. The highest BCUT2D eigenvalue weighted by Crippen LogP contribution is 2.21. The summed E-state index contributed by atoms with van der Waals surface area (Å²) in [6, 6.07) is 14.9. The minimum Gasteiger partial charge on any atom is -0.392 e. The van der Waals surface area contributed by atoms with Crippen molar-refractivity contribution in [2.75, 3.05) is 5.75 Å². The Morgan fingerprint density at radius 1 is 0.950 bits per heavy atom. The maximum atomic E-state index is 10.2. The van der Waals surface area contributed by atoms with Gasteiger partial charge in [-0.1, -0.05) is 41.5 Å². The zero-order valence-electron chi connectivity index (χ0n) is 12.4. The number of aliphatic hydroxyl groups is 1. The third-order valence-electron chi connectivity index (χ3n) is 3.42. The summed E-state index contributed by atoms with van der Waals surface area (Å²) in [6.45, 7) is 6.29. The second-order valence-electron chi connectivity index (χ2n) is 5.41. The van der Waals surface area contributed by atoms with Crippen LogP contribution in [-0.4, -0.2) is 17.0 Å². The fraction of sp³-hybridized carbons (Fsp3) is 0.333. The molecule has 2 aromatic rings. The van der Waals surface area contributed by atoms with Crippen molar-refractivity contribution in [2.45, 2.75) is 38.2 Å². The average molecular weight is 286 g/mol. The minimum atomic E-state index is -0.304. The van der Waals surface area contributed by atoms with E-state index in [1.165, 1.54) is 27.1 Å². The number of hydrogen-bond acceptors (Lipinski definition) is 2. The summed E-state index contributed by atoms with van der Waals surface area (Å²) in [5, 5.41) is 10.2. The number of thioether (sulfide) groups is 1. The molecule has 0 aromatic heterocycles. The van der Waals surface area contributed by atoms with Crippen LogP contribution in [0.2, 0.25) is 0 Å². The summed E-state index contributed by atoms with van der Waals surface area (Å²) in [5.74, 6) is 0.733. The fourth-order valence-corrected chi connectivity index (χ4v) is 2.99. The predicted molar refractivity (Wildman–Crippen MR) is 87.5 cm³/mol. The molecule has 2 rings (SSSR count). The Hall–Kier alpha value is -1.25. The van der Waals surface area contributed by atoms with Crippen LogP contribution < -0.4 is 0 Å². The first kappa shape index (κ1) is 15.1. The van der Waals surface area contributed by atoms with Crippen molar-refractivity contribution < 1.29 is 5.11 Å². The van der Waals surface area contributed by atoms with E-state index in [9.17, 15) is 5.11 Å². The fourth-order valence-electron chi connectivity index (χ4n) is 2.16. The molecule has 0 aliphatic rings. The van der Waals surface area contributed by atoms with Gasteiger partial charge in [0.1, 0.15) is 0 Å². The van der Waals surface area contributed by atoms with E-state index in [4.69, 9.17) is 0 Å². The molecule has 1 unspecified atom stereocenters. The number of aliphatic hydroxyl groups excluding tert-OH is 1. The first-order chi connectivity index (χ1) is 9.54. The molecule has 0 saturated heterocycles. The minimum absolute atomic E-state index is 0.304. The highest BCUT2D eigenvalue weighted by Gasteiger charge is 2.08. The first-order valence-corrected chi connectivity index (χ1v) is 7.97. The van der Waals surface area contributed by atoms with Gasteiger partial charge in [-0.25, -0.2) is 0 Å². The van der Waals surface area contributed by atoms with Crippen LogP contribution in [0.15, 0.2) is 47.4 Å². The lowest BCUT2D eigenvalue weighted by Crippen LogP contribution is -2.14. The molecule has 1 N–H and O–H groups in total. The van der Waals surface area contributed by atoms with Crippen molar-refractivity contribution in [3.05, 3.63) is 64.7 Å². The van der Waals surface area contributed by atoms with E-state index >= 15 is 0 Å². The Morgan fingerprint density at radius 2 is 1.60 bits per heavy atom. The van der Waals surface area contributed by atoms with Gasteiger partial charge in [0.05, 0.1) is 6.10 Å². The molecule has 0 amide bonds. The largest absolute Gasteiger partial charge is 0.392 e. The second-order valence-corrected chi connectivity index (χ2v) is 6.51. The van der Waals surface area contributed by atoms with E-state index in [2.05, 4.69) is 63.2 Å². The van der Waals surface area contributed by atoms with Crippen LogP contribution in [0.5, 0.6) is 0 Å². The van der Waals surface area contributed by atoms with E-state index in [0.29, 0.717) is 0 Å². The third-order valence-corrected chi connectivity index (χ3v) is 4.58. The molecule has 2 heteroatoms. The summed E-state index contributed by atoms with van der Waals surface area (Å²) >= 11 is 1.72. The number of rotatable bonds is 5. The topological polar surface area (TPSA) is 20.2 Å². The third kappa shape index (κ3) is 4.39. The van der Waals surface area contributed by atoms with E-state index in [1.54, 1.807) is 11.8 Å². The molecular weight excluding hydrogens is 264 g/mol. The first-order valence-electron chi connectivity index (χ1n) is 6.98. The van der Waals surface area contributed by atoms with Crippen LogP contribution in [-0.2, 0) is 6.42 Å². The molecule has 20 heavy (non-hydrogen) atoms. The lowest BCUT2D eigenvalue weighted by atomic mass is 10.0. The highest BCUT2D eigenvalue weighted by atomic mass is 32.2. The maximum absolute atomic E-state index is 10.2. The van der Waals surface area contributed by atoms with Gasteiger partial charge in [0.25, 0.3) is 0 Å². The Kier molecular flexibility index (Phi) is 5.27. The van der Waals surface area contributed by atoms with Crippen LogP contribution in [0.1, 0.15) is 22.3 Å². The van der Waals surface area contributed by atoms with E-state index in [0.717, 1.165) is 12.2 Å². The van der Waals surface area contributed by atoms with Gasteiger partial charge >= 0.3 is 0 Å². The molecular formula is C18H22OS. The van der Waals surface area contributed by atoms with Crippen LogP contribution in [0.3, 0.4) is 0 Å². The normalized spacial score (nSPS) is 12.4. The molecule has 0 aliphatic carbocycles. The monoisotopic (exact) mass is 286 g/mol. The standard InChI is InChI=1S/C18H22OS/c1-13-5-8-18(9-6-13)20-12-17(19)11-16-10-14(2)4-7-15(16)3/h4-10,17,19H,11-12H2,1-3H3. The molecule has 106 valence electrons. The molecule has 2 aromatic carbocycles. The summed E-state index contributed by atoms with van der Waals surface area (Å²) in [4.78, 5) is 1.22. The van der Waals surface area contributed by atoms with E-state index in [-0.39, 0.29) is 6.10 Å². The summed E-state index contributed by atoms with van der Waals surface area (Å²) in [6.07, 6.45) is 0.425. The molecule has 0 radical (unpaired) electrons. The van der Waals surface area contributed by atoms with Gasteiger partial charge in [-0.05, 0) is 50.5 Å². The van der Waals surface area contributed by atoms with Crippen molar-refractivity contribution in [3.8, 4) is 0 Å². The molecule has 0 aliphatic heterocycles. The quantitative estimate of drug-likeness (QED) is 0.827. The smallest absolute Gasteiger partial charge is 0.0674 e.